The molecule has 1 heterocycles. The third-order valence-electron chi connectivity index (χ3n) is 4.52. The van der Waals surface area contributed by atoms with Gasteiger partial charge in [0, 0.05) is 19.8 Å². The smallest absolute Gasteiger partial charge is 0.378 e. The van der Waals surface area contributed by atoms with E-state index in [4.69, 9.17) is 0 Å². The van der Waals surface area contributed by atoms with Gasteiger partial charge in [-0.1, -0.05) is 42.1 Å². The van der Waals surface area contributed by atoms with Crippen LogP contribution in [0.2, 0.25) is 0 Å². The number of nitrogens with one attached hydrogen (secondary N) is 1. The van der Waals surface area contributed by atoms with Crippen LogP contribution in [0.25, 0.3) is 0 Å². The van der Waals surface area contributed by atoms with Crippen LogP contribution in [0.3, 0.4) is 0 Å². The fourth-order valence-corrected chi connectivity index (χ4v) is 3.67. The molecule has 10 heteroatoms. The Bertz CT molecular complexity index is 1050. The Kier molecular flexibility index (Phi) is 6.89. The van der Waals surface area contributed by atoms with Gasteiger partial charge in [0.15, 0.2) is 5.16 Å². The Morgan fingerprint density at radius 2 is 1.84 bits per heavy atom. The van der Waals surface area contributed by atoms with Crippen LogP contribution >= 0.6 is 11.8 Å². The number of nitrogens with zero attached hydrogens (tertiary/aromatic N) is 4. The van der Waals surface area contributed by atoms with E-state index in [1.807, 2.05) is 41.8 Å². The lowest BCUT2D eigenvalue weighted by Crippen LogP contribution is -2.19. The van der Waals surface area contributed by atoms with Crippen LogP contribution in [0.5, 0.6) is 0 Å². The number of hydrogen-bond acceptors (Lipinski definition) is 5. The number of anilines is 2. The van der Waals surface area contributed by atoms with Gasteiger partial charge in [0.25, 0.3) is 0 Å². The molecule has 3 rings (SSSR count). The van der Waals surface area contributed by atoms with E-state index >= 15 is 0 Å². The van der Waals surface area contributed by atoms with Crippen molar-refractivity contribution >= 4 is 29.0 Å². The van der Waals surface area contributed by atoms with Crippen molar-refractivity contribution in [1.82, 2.24) is 14.8 Å². The number of alkyl halides is 3. The van der Waals surface area contributed by atoms with Crippen LogP contribution in [-0.2, 0) is 17.5 Å². The summed E-state index contributed by atoms with van der Waals surface area (Å²) in [5.41, 5.74) is 0.280. The Balaban J connectivity index is 1.70. The Hall–Kier alpha value is -3.01. The van der Waals surface area contributed by atoms with Crippen LogP contribution in [0.1, 0.15) is 17.0 Å². The molecule has 1 aromatic heterocycles. The van der Waals surface area contributed by atoms with Gasteiger partial charge in [-0.15, -0.1) is 10.2 Å². The van der Waals surface area contributed by atoms with E-state index in [1.54, 1.807) is 19.0 Å². The maximum Gasteiger partial charge on any atom is 0.418 e. The lowest BCUT2D eigenvalue weighted by atomic mass is 10.1. The Morgan fingerprint density at radius 1 is 1.13 bits per heavy atom. The number of carbonyl (C=O) groups is 1. The molecule has 0 unspecified atom stereocenters. The number of benzene rings is 2. The highest BCUT2D eigenvalue weighted by Crippen LogP contribution is 2.37. The Morgan fingerprint density at radius 3 is 2.48 bits per heavy atom. The van der Waals surface area contributed by atoms with Crippen molar-refractivity contribution in [2.45, 2.75) is 24.8 Å². The molecule has 0 bridgehead atoms. The van der Waals surface area contributed by atoms with Gasteiger partial charge in [-0.25, -0.2) is 0 Å². The van der Waals surface area contributed by atoms with Crippen molar-refractivity contribution in [2.75, 3.05) is 30.1 Å². The Labute approximate surface area is 182 Å². The normalized spacial score (nSPS) is 11.4. The summed E-state index contributed by atoms with van der Waals surface area (Å²) in [7, 11) is 3.30. The molecule has 0 radical (unpaired) electrons. The summed E-state index contributed by atoms with van der Waals surface area (Å²) in [5.74, 6) is 0.0324. The molecule has 0 saturated carbocycles. The van der Waals surface area contributed by atoms with E-state index in [0.29, 0.717) is 23.2 Å². The average Bonchev–Trinajstić information content (AvgIpc) is 3.06. The molecule has 0 spiro atoms. The second kappa shape index (κ2) is 9.42. The lowest BCUT2D eigenvalue weighted by molar-refractivity contribution is -0.136. The average molecular weight is 450 g/mol. The minimum atomic E-state index is -4.59. The molecule has 3 aromatic rings. The van der Waals surface area contributed by atoms with E-state index in [2.05, 4.69) is 15.5 Å². The zero-order valence-corrected chi connectivity index (χ0v) is 18.1. The monoisotopic (exact) mass is 449 g/mol. The third kappa shape index (κ3) is 5.78. The molecule has 0 atom stereocenters. The van der Waals surface area contributed by atoms with E-state index in [9.17, 15) is 18.0 Å². The molecule has 6 nitrogen and oxygen atoms in total. The van der Waals surface area contributed by atoms with Crippen molar-refractivity contribution in [3.05, 3.63) is 65.5 Å². The molecule has 0 saturated heterocycles. The molecule has 164 valence electrons. The van der Waals surface area contributed by atoms with Crippen molar-refractivity contribution in [3.8, 4) is 0 Å². The van der Waals surface area contributed by atoms with Gasteiger partial charge in [-0.3, -0.25) is 4.79 Å². The van der Waals surface area contributed by atoms with Gasteiger partial charge in [-0.2, -0.15) is 13.2 Å². The summed E-state index contributed by atoms with van der Waals surface area (Å²) >= 11 is 1.12. The van der Waals surface area contributed by atoms with Gasteiger partial charge < -0.3 is 14.8 Å². The van der Waals surface area contributed by atoms with Gasteiger partial charge in [0.05, 0.1) is 23.5 Å². The molecule has 1 amide bonds. The number of amides is 1. The van der Waals surface area contributed by atoms with E-state index in [1.165, 1.54) is 12.1 Å². The molecule has 0 aliphatic carbocycles. The van der Waals surface area contributed by atoms with E-state index in [0.717, 1.165) is 23.4 Å². The number of hydrogen-bond donors (Lipinski definition) is 1. The van der Waals surface area contributed by atoms with Crippen LogP contribution in [0.4, 0.5) is 24.5 Å². The molecular weight excluding hydrogens is 427 g/mol. The zero-order valence-electron chi connectivity index (χ0n) is 17.3. The first-order valence-corrected chi connectivity index (χ1v) is 10.4. The first-order valence-electron chi connectivity index (χ1n) is 9.40. The topological polar surface area (TPSA) is 63.1 Å². The summed E-state index contributed by atoms with van der Waals surface area (Å²) in [6.07, 6.45) is -4.59. The first kappa shape index (κ1) is 22.7. The summed E-state index contributed by atoms with van der Waals surface area (Å²) in [4.78, 5) is 14.0. The highest BCUT2D eigenvalue weighted by atomic mass is 32.2. The SMILES string of the molecule is Cc1nnc(SCC(=O)Nc2ccc(N(C)C)cc2C(F)(F)F)n1Cc1ccccc1. The lowest BCUT2D eigenvalue weighted by Gasteiger charge is -2.18. The molecule has 2 aromatic carbocycles. The van der Waals surface area contributed by atoms with E-state index in [-0.39, 0.29) is 11.4 Å². The number of thioether (sulfide) groups is 1. The quantitative estimate of drug-likeness (QED) is 0.540. The van der Waals surface area contributed by atoms with Gasteiger partial charge in [0.2, 0.25) is 5.91 Å². The van der Waals surface area contributed by atoms with Gasteiger partial charge >= 0.3 is 6.18 Å². The third-order valence-corrected chi connectivity index (χ3v) is 5.48. The highest BCUT2D eigenvalue weighted by molar-refractivity contribution is 7.99. The predicted molar refractivity (Wildman–Crippen MR) is 115 cm³/mol. The molecule has 0 fully saturated rings. The number of aryl methyl sites for hydroxylation is 1. The van der Waals surface area contributed by atoms with Crippen molar-refractivity contribution < 1.29 is 18.0 Å². The first-order chi connectivity index (χ1) is 14.6. The highest BCUT2D eigenvalue weighted by Gasteiger charge is 2.34. The molecule has 31 heavy (non-hydrogen) atoms. The van der Waals surface area contributed by atoms with Crippen LogP contribution < -0.4 is 10.2 Å². The standard InChI is InChI=1S/C21H22F3N5OS/c1-14-26-27-20(29(14)12-15-7-5-4-6-8-15)31-13-19(30)25-18-10-9-16(28(2)3)11-17(18)21(22,23)24/h4-11H,12-13H2,1-3H3,(H,25,30). The summed E-state index contributed by atoms with van der Waals surface area (Å²) in [5, 5.41) is 11.0. The van der Waals surface area contributed by atoms with Gasteiger partial charge in [0.1, 0.15) is 5.82 Å². The van der Waals surface area contributed by atoms with Crippen molar-refractivity contribution in [1.29, 1.82) is 0 Å². The minimum absolute atomic E-state index is 0.0976. The second-order valence-corrected chi connectivity index (χ2v) is 8.00. The minimum Gasteiger partial charge on any atom is -0.378 e. The van der Waals surface area contributed by atoms with Gasteiger partial charge in [-0.05, 0) is 30.7 Å². The molecule has 1 N–H and O–H groups in total. The predicted octanol–water partition coefficient (Wildman–Crippen LogP) is 4.45. The van der Waals surface area contributed by atoms with Crippen LogP contribution in [-0.4, -0.2) is 40.5 Å². The van der Waals surface area contributed by atoms with Crippen LogP contribution in [0.15, 0.2) is 53.7 Å². The maximum atomic E-state index is 13.5. The summed E-state index contributed by atoms with van der Waals surface area (Å²) in [6.45, 7) is 2.34. The summed E-state index contributed by atoms with van der Waals surface area (Å²) < 4.78 is 42.2. The maximum absolute atomic E-state index is 13.5. The fourth-order valence-electron chi connectivity index (χ4n) is 2.89. The summed E-state index contributed by atoms with van der Waals surface area (Å²) in [6, 6.07) is 13.5. The fraction of sp³-hybridized carbons (Fsp3) is 0.286. The van der Waals surface area contributed by atoms with Crippen LogP contribution in [0, 0.1) is 6.92 Å². The molecule has 0 aliphatic rings. The second-order valence-electron chi connectivity index (χ2n) is 7.06. The number of rotatable bonds is 7. The zero-order chi connectivity index (χ0) is 22.6. The molecular formula is C21H22F3N5OS. The van der Waals surface area contributed by atoms with Crippen molar-refractivity contribution in [3.63, 3.8) is 0 Å². The van der Waals surface area contributed by atoms with Crippen molar-refractivity contribution in [2.24, 2.45) is 0 Å². The van der Waals surface area contributed by atoms with E-state index < -0.39 is 17.6 Å². The number of aromatic nitrogens is 3. The molecule has 0 aliphatic heterocycles. The number of carbonyl (C=O) groups excluding carboxylic acids is 1. The largest absolute Gasteiger partial charge is 0.418 e. The number of halogens is 3.